The molecule has 1 aromatic rings. The molecule has 0 spiro atoms. The van der Waals surface area contributed by atoms with Crippen LogP contribution in [0.5, 0.6) is 5.75 Å². The first kappa shape index (κ1) is 15.6. The van der Waals surface area contributed by atoms with E-state index >= 15 is 0 Å². The van der Waals surface area contributed by atoms with E-state index in [0.717, 1.165) is 22.8 Å². The van der Waals surface area contributed by atoms with Gasteiger partial charge in [0.25, 0.3) is 0 Å². The van der Waals surface area contributed by atoms with Crippen LogP contribution in [0.2, 0.25) is 5.02 Å². The second-order valence-electron chi connectivity index (χ2n) is 6.42. The molecule has 3 N–H and O–H groups in total. The average molecular weight is 297 g/mol. The number of nitrogens with one attached hydrogen (secondary N) is 1. The molecule has 2 atom stereocenters. The molecule has 4 heteroatoms. The van der Waals surface area contributed by atoms with Crippen molar-refractivity contribution in [1.29, 1.82) is 0 Å². The summed E-state index contributed by atoms with van der Waals surface area (Å²) in [7, 11) is 1.69. The summed E-state index contributed by atoms with van der Waals surface area (Å²) in [4.78, 5) is 0. The smallest absolute Gasteiger partial charge is 0.122 e. The van der Waals surface area contributed by atoms with Crippen molar-refractivity contribution in [3.63, 3.8) is 0 Å². The Bertz CT molecular complexity index is 462. The first-order chi connectivity index (χ1) is 9.47. The number of nitrogens with two attached hydrogens (primary N) is 1. The number of methoxy groups -OCH3 is 1. The Labute approximate surface area is 126 Å². The highest BCUT2D eigenvalue weighted by atomic mass is 35.5. The van der Waals surface area contributed by atoms with Crippen LogP contribution < -0.4 is 16.0 Å². The van der Waals surface area contributed by atoms with Gasteiger partial charge >= 0.3 is 0 Å². The monoisotopic (exact) mass is 296 g/mol. The van der Waals surface area contributed by atoms with Crippen LogP contribution in [0, 0.1) is 11.3 Å². The maximum Gasteiger partial charge on any atom is 0.122 e. The first-order valence-electron chi connectivity index (χ1n) is 7.26. The van der Waals surface area contributed by atoms with Crippen molar-refractivity contribution >= 4 is 11.6 Å². The van der Waals surface area contributed by atoms with E-state index in [1.807, 2.05) is 18.2 Å². The fourth-order valence-electron chi connectivity index (χ4n) is 3.56. The van der Waals surface area contributed by atoms with Crippen LogP contribution in [0.15, 0.2) is 18.2 Å². The van der Waals surface area contributed by atoms with Crippen LogP contribution in [0.3, 0.4) is 0 Å². The average Bonchev–Trinajstić information content (AvgIpc) is 2.76. The van der Waals surface area contributed by atoms with Crippen molar-refractivity contribution in [2.45, 2.75) is 45.6 Å². The van der Waals surface area contributed by atoms with E-state index in [-0.39, 0.29) is 6.04 Å². The van der Waals surface area contributed by atoms with E-state index in [1.165, 1.54) is 19.3 Å². The molecule has 2 unspecified atom stereocenters. The largest absolute Gasteiger partial charge is 0.496 e. The topological polar surface area (TPSA) is 47.3 Å². The number of hydrogen-bond donors (Lipinski definition) is 2. The van der Waals surface area contributed by atoms with Gasteiger partial charge in [0.05, 0.1) is 7.11 Å². The van der Waals surface area contributed by atoms with Crippen molar-refractivity contribution in [2.24, 2.45) is 17.2 Å². The first-order valence-corrected chi connectivity index (χ1v) is 7.64. The molecule has 112 valence electrons. The minimum absolute atomic E-state index is 0.250. The maximum absolute atomic E-state index is 6.11. The normalized spacial score (nSPS) is 22.8. The molecule has 1 aliphatic rings. The van der Waals surface area contributed by atoms with Gasteiger partial charge in [-0.05, 0) is 54.4 Å². The number of halogens is 1. The van der Waals surface area contributed by atoms with Gasteiger partial charge in [-0.2, -0.15) is 0 Å². The molecule has 1 fully saturated rings. The highest BCUT2D eigenvalue weighted by molar-refractivity contribution is 6.30. The van der Waals surface area contributed by atoms with E-state index in [4.69, 9.17) is 22.2 Å². The predicted molar refractivity (Wildman–Crippen MR) is 83.9 cm³/mol. The Morgan fingerprint density at radius 1 is 1.50 bits per heavy atom. The van der Waals surface area contributed by atoms with Gasteiger partial charge in [0.15, 0.2) is 0 Å². The lowest BCUT2D eigenvalue weighted by molar-refractivity contribution is 0.195. The summed E-state index contributed by atoms with van der Waals surface area (Å²) >= 11 is 6.11. The van der Waals surface area contributed by atoms with Crippen LogP contribution >= 0.6 is 11.6 Å². The van der Waals surface area contributed by atoms with E-state index in [1.54, 1.807) is 7.11 Å². The standard InChI is InChI=1S/C16H25ClN2O/c1-16(2)8-4-5-13(16)14(19-18)10-11-9-12(17)6-7-15(11)20-3/h6-7,9,13-14,19H,4-5,8,10,18H2,1-3H3. The molecule has 3 nitrogen and oxygen atoms in total. The number of hydrazine groups is 1. The van der Waals surface area contributed by atoms with E-state index in [2.05, 4.69) is 19.3 Å². The van der Waals surface area contributed by atoms with Gasteiger partial charge in [-0.25, -0.2) is 0 Å². The molecule has 1 aromatic carbocycles. The Kier molecular flexibility index (Phi) is 4.95. The van der Waals surface area contributed by atoms with Gasteiger partial charge in [0, 0.05) is 11.1 Å². The summed E-state index contributed by atoms with van der Waals surface area (Å²) in [5.74, 6) is 7.29. The molecule has 0 heterocycles. The van der Waals surface area contributed by atoms with Gasteiger partial charge in [-0.3, -0.25) is 11.3 Å². The molecule has 1 saturated carbocycles. The van der Waals surface area contributed by atoms with Crippen molar-refractivity contribution in [3.05, 3.63) is 28.8 Å². The van der Waals surface area contributed by atoms with Gasteiger partial charge in [0.1, 0.15) is 5.75 Å². The molecule has 0 saturated heterocycles. The van der Waals surface area contributed by atoms with Crippen molar-refractivity contribution in [2.75, 3.05) is 7.11 Å². The number of rotatable bonds is 5. The molecule has 2 rings (SSSR count). The third kappa shape index (κ3) is 3.27. The molecule has 0 aliphatic heterocycles. The van der Waals surface area contributed by atoms with E-state index < -0.39 is 0 Å². The zero-order valence-electron chi connectivity index (χ0n) is 12.6. The van der Waals surface area contributed by atoms with Crippen LogP contribution in [-0.2, 0) is 6.42 Å². The predicted octanol–water partition coefficient (Wildman–Crippen LogP) is 3.55. The fraction of sp³-hybridized carbons (Fsp3) is 0.625. The zero-order valence-corrected chi connectivity index (χ0v) is 13.3. The molecular formula is C16H25ClN2O. The van der Waals surface area contributed by atoms with Crippen molar-refractivity contribution in [3.8, 4) is 5.75 Å². The van der Waals surface area contributed by atoms with E-state index in [9.17, 15) is 0 Å². The Morgan fingerprint density at radius 3 is 2.80 bits per heavy atom. The highest BCUT2D eigenvalue weighted by Crippen LogP contribution is 2.45. The molecular weight excluding hydrogens is 272 g/mol. The second kappa shape index (κ2) is 6.33. The van der Waals surface area contributed by atoms with E-state index in [0.29, 0.717) is 11.3 Å². The number of benzene rings is 1. The number of hydrogen-bond acceptors (Lipinski definition) is 3. The minimum Gasteiger partial charge on any atom is -0.496 e. The molecule has 0 bridgehead atoms. The fourth-order valence-corrected chi connectivity index (χ4v) is 3.76. The van der Waals surface area contributed by atoms with Crippen molar-refractivity contribution < 1.29 is 4.74 Å². The lowest BCUT2D eigenvalue weighted by atomic mass is 9.76. The van der Waals surface area contributed by atoms with Gasteiger partial charge in [0.2, 0.25) is 0 Å². The summed E-state index contributed by atoms with van der Waals surface area (Å²) in [6, 6.07) is 6.01. The Morgan fingerprint density at radius 2 is 2.25 bits per heavy atom. The number of ether oxygens (including phenoxy) is 1. The van der Waals surface area contributed by atoms with Crippen LogP contribution in [0.4, 0.5) is 0 Å². The third-order valence-corrected chi connectivity index (χ3v) is 4.96. The summed E-state index contributed by atoms with van der Waals surface area (Å²) in [6.45, 7) is 4.68. The Balaban J connectivity index is 2.20. The summed E-state index contributed by atoms with van der Waals surface area (Å²) in [6.07, 6.45) is 4.62. The molecule has 0 aromatic heterocycles. The quantitative estimate of drug-likeness (QED) is 0.645. The molecule has 1 aliphatic carbocycles. The van der Waals surface area contributed by atoms with Gasteiger partial charge in [-0.1, -0.05) is 31.9 Å². The van der Waals surface area contributed by atoms with Crippen LogP contribution in [0.1, 0.15) is 38.7 Å². The molecule has 0 radical (unpaired) electrons. The highest BCUT2D eigenvalue weighted by Gasteiger charge is 2.39. The van der Waals surface area contributed by atoms with Gasteiger partial charge < -0.3 is 4.74 Å². The third-order valence-electron chi connectivity index (χ3n) is 4.72. The van der Waals surface area contributed by atoms with Crippen LogP contribution in [-0.4, -0.2) is 13.2 Å². The maximum atomic E-state index is 6.11. The Hall–Kier alpha value is -0.770. The zero-order chi connectivity index (χ0) is 14.8. The minimum atomic E-state index is 0.250. The lowest BCUT2D eigenvalue weighted by Crippen LogP contribution is -2.45. The van der Waals surface area contributed by atoms with Crippen LogP contribution in [0.25, 0.3) is 0 Å². The lowest BCUT2D eigenvalue weighted by Gasteiger charge is -2.34. The molecule has 0 amide bonds. The summed E-state index contributed by atoms with van der Waals surface area (Å²) in [5, 5.41) is 0.738. The summed E-state index contributed by atoms with van der Waals surface area (Å²) < 4.78 is 5.43. The SMILES string of the molecule is COc1ccc(Cl)cc1CC(NN)C1CCCC1(C)C. The summed E-state index contributed by atoms with van der Waals surface area (Å²) in [5.41, 5.74) is 4.47. The van der Waals surface area contributed by atoms with Crippen molar-refractivity contribution in [1.82, 2.24) is 5.43 Å². The molecule has 20 heavy (non-hydrogen) atoms. The van der Waals surface area contributed by atoms with Gasteiger partial charge in [-0.15, -0.1) is 0 Å². The second-order valence-corrected chi connectivity index (χ2v) is 6.86.